The Hall–Kier alpha value is -1.89. The summed E-state index contributed by atoms with van der Waals surface area (Å²) in [6.45, 7) is 0.0444. The largest absolute Gasteiger partial charge is 0.394 e. The molecule has 1 heterocycles. The van der Waals surface area contributed by atoms with E-state index in [1.807, 2.05) is 42.5 Å². The highest BCUT2D eigenvalue weighted by atomic mass is 79.9. The predicted molar refractivity (Wildman–Crippen MR) is 90.8 cm³/mol. The molecule has 0 spiro atoms. The number of halogens is 1. The summed E-state index contributed by atoms with van der Waals surface area (Å²) in [5.74, 6) is 0.815. The molecule has 2 aromatic carbocycles. The number of aromatic nitrogens is 2. The van der Waals surface area contributed by atoms with Crippen LogP contribution in [0.2, 0.25) is 0 Å². The lowest BCUT2D eigenvalue weighted by Gasteiger charge is -2.09. The first kappa shape index (κ1) is 15.0. The zero-order chi connectivity index (χ0) is 15.5. The number of hydrogen-bond acceptors (Lipinski definition) is 4. The molecule has 0 bridgehead atoms. The van der Waals surface area contributed by atoms with Crippen LogP contribution in [0.15, 0.2) is 46.9 Å². The third-order valence-corrected chi connectivity index (χ3v) is 3.88. The van der Waals surface area contributed by atoms with E-state index in [1.165, 1.54) is 0 Å². The molecule has 1 unspecified atom stereocenters. The SMILES string of the molecule is OCC(O)CNc1ccc2nc(-c3ccc(Br)cc3)[nH]c2c1. The molecule has 5 nitrogen and oxygen atoms in total. The van der Waals surface area contributed by atoms with Gasteiger partial charge in [0, 0.05) is 22.3 Å². The van der Waals surface area contributed by atoms with Gasteiger partial charge in [0.25, 0.3) is 0 Å². The van der Waals surface area contributed by atoms with Crippen molar-refractivity contribution in [1.82, 2.24) is 9.97 Å². The van der Waals surface area contributed by atoms with Crippen LogP contribution in [0.5, 0.6) is 0 Å². The predicted octanol–water partition coefficient (Wildman–Crippen LogP) is 2.76. The van der Waals surface area contributed by atoms with E-state index < -0.39 is 6.10 Å². The first-order chi connectivity index (χ1) is 10.7. The van der Waals surface area contributed by atoms with Gasteiger partial charge in [0.05, 0.1) is 23.7 Å². The Balaban J connectivity index is 1.85. The lowest BCUT2D eigenvalue weighted by atomic mass is 10.2. The van der Waals surface area contributed by atoms with E-state index in [2.05, 4.69) is 31.2 Å². The van der Waals surface area contributed by atoms with Gasteiger partial charge in [-0.25, -0.2) is 4.98 Å². The number of nitrogens with one attached hydrogen (secondary N) is 2. The van der Waals surface area contributed by atoms with Gasteiger partial charge in [-0.3, -0.25) is 0 Å². The van der Waals surface area contributed by atoms with Gasteiger partial charge in [0.15, 0.2) is 0 Å². The quantitative estimate of drug-likeness (QED) is 0.563. The van der Waals surface area contributed by atoms with E-state index >= 15 is 0 Å². The number of aliphatic hydroxyl groups is 2. The number of aliphatic hydroxyl groups excluding tert-OH is 2. The van der Waals surface area contributed by atoms with Gasteiger partial charge >= 0.3 is 0 Å². The minimum Gasteiger partial charge on any atom is -0.394 e. The van der Waals surface area contributed by atoms with Crippen molar-refractivity contribution >= 4 is 32.7 Å². The molecular formula is C16H16BrN3O2. The lowest BCUT2D eigenvalue weighted by Crippen LogP contribution is -2.22. The maximum absolute atomic E-state index is 9.37. The first-order valence-corrected chi connectivity index (χ1v) is 7.73. The molecule has 0 aliphatic heterocycles. The maximum atomic E-state index is 9.37. The number of fused-ring (bicyclic) bond motifs is 1. The van der Waals surface area contributed by atoms with E-state index in [0.29, 0.717) is 6.54 Å². The fourth-order valence-corrected chi connectivity index (χ4v) is 2.43. The summed E-state index contributed by atoms with van der Waals surface area (Å²) in [6, 6.07) is 13.7. The van der Waals surface area contributed by atoms with E-state index in [-0.39, 0.29) is 6.61 Å². The summed E-state index contributed by atoms with van der Waals surface area (Å²) in [4.78, 5) is 7.87. The normalized spacial score (nSPS) is 12.5. The maximum Gasteiger partial charge on any atom is 0.138 e. The van der Waals surface area contributed by atoms with Gasteiger partial charge in [-0.05, 0) is 30.3 Å². The molecule has 3 aromatic rings. The second-order valence-corrected chi connectivity index (χ2v) is 5.96. The van der Waals surface area contributed by atoms with Crippen molar-refractivity contribution < 1.29 is 10.2 Å². The highest BCUT2D eigenvalue weighted by Gasteiger charge is 2.07. The number of hydrogen-bond donors (Lipinski definition) is 4. The molecule has 0 radical (unpaired) electrons. The summed E-state index contributed by atoms with van der Waals surface area (Å²) >= 11 is 3.42. The van der Waals surface area contributed by atoms with Crippen molar-refractivity contribution in [1.29, 1.82) is 0 Å². The zero-order valence-electron chi connectivity index (χ0n) is 11.8. The second-order valence-electron chi connectivity index (χ2n) is 5.04. The van der Waals surface area contributed by atoms with Crippen LogP contribution in [0.1, 0.15) is 0 Å². The van der Waals surface area contributed by atoms with Crippen LogP contribution >= 0.6 is 15.9 Å². The molecule has 4 N–H and O–H groups in total. The Bertz CT molecular complexity index is 771. The van der Waals surface area contributed by atoms with Gasteiger partial charge in [0.2, 0.25) is 0 Å². The van der Waals surface area contributed by atoms with Crippen LogP contribution in [-0.2, 0) is 0 Å². The molecule has 0 fully saturated rings. The van der Waals surface area contributed by atoms with Gasteiger partial charge in [-0.1, -0.05) is 28.1 Å². The van der Waals surface area contributed by atoms with Crippen LogP contribution in [0.3, 0.4) is 0 Å². The summed E-state index contributed by atoms with van der Waals surface area (Å²) in [5.41, 5.74) is 3.68. The van der Waals surface area contributed by atoms with E-state index in [4.69, 9.17) is 5.11 Å². The standard InChI is InChI=1S/C16H16BrN3O2/c17-11-3-1-10(2-4-11)16-19-14-6-5-12(7-15(14)20-16)18-8-13(22)9-21/h1-7,13,18,21-22H,8-9H2,(H,19,20). The summed E-state index contributed by atoms with van der Waals surface area (Å²) in [6.07, 6.45) is -0.768. The molecule has 3 rings (SSSR count). The molecule has 0 saturated carbocycles. The van der Waals surface area contributed by atoms with Crippen molar-refractivity contribution in [2.75, 3.05) is 18.5 Å². The van der Waals surface area contributed by atoms with Crippen molar-refractivity contribution in [3.8, 4) is 11.4 Å². The molecular weight excluding hydrogens is 346 g/mol. The highest BCUT2D eigenvalue weighted by Crippen LogP contribution is 2.24. The van der Waals surface area contributed by atoms with Crippen LogP contribution in [0.25, 0.3) is 22.4 Å². The van der Waals surface area contributed by atoms with Crippen molar-refractivity contribution in [3.63, 3.8) is 0 Å². The Kier molecular flexibility index (Phi) is 4.42. The average Bonchev–Trinajstić information content (AvgIpc) is 2.96. The number of nitrogens with zero attached hydrogens (tertiary/aromatic N) is 1. The van der Waals surface area contributed by atoms with E-state index in [1.54, 1.807) is 0 Å². The highest BCUT2D eigenvalue weighted by molar-refractivity contribution is 9.10. The third kappa shape index (κ3) is 3.30. The molecule has 0 amide bonds. The number of imidazole rings is 1. The number of H-pyrrole nitrogens is 1. The third-order valence-electron chi connectivity index (χ3n) is 3.35. The number of rotatable bonds is 5. The molecule has 6 heteroatoms. The molecule has 114 valence electrons. The Morgan fingerprint density at radius 2 is 1.95 bits per heavy atom. The Labute approximate surface area is 136 Å². The number of aromatic amines is 1. The molecule has 0 aliphatic rings. The minimum absolute atomic E-state index is 0.257. The monoisotopic (exact) mass is 361 g/mol. The smallest absolute Gasteiger partial charge is 0.138 e. The van der Waals surface area contributed by atoms with Crippen LogP contribution in [0.4, 0.5) is 5.69 Å². The summed E-state index contributed by atoms with van der Waals surface area (Å²) < 4.78 is 1.03. The van der Waals surface area contributed by atoms with Crippen LogP contribution in [-0.4, -0.2) is 39.4 Å². The van der Waals surface area contributed by atoms with Crippen molar-refractivity contribution in [2.45, 2.75) is 6.10 Å². The van der Waals surface area contributed by atoms with Crippen molar-refractivity contribution in [2.24, 2.45) is 0 Å². The molecule has 22 heavy (non-hydrogen) atoms. The fourth-order valence-electron chi connectivity index (χ4n) is 2.16. The average molecular weight is 362 g/mol. The van der Waals surface area contributed by atoms with Crippen molar-refractivity contribution in [3.05, 3.63) is 46.9 Å². The minimum atomic E-state index is -0.768. The molecule has 0 aliphatic carbocycles. The van der Waals surface area contributed by atoms with Gasteiger partial charge in [-0.2, -0.15) is 0 Å². The molecule has 0 saturated heterocycles. The van der Waals surface area contributed by atoms with Gasteiger partial charge in [0.1, 0.15) is 5.82 Å². The second kappa shape index (κ2) is 6.48. The van der Waals surface area contributed by atoms with Crippen LogP contribution in [0, 0.1) is 0 Å². The van der Waals surface area contributed by atoms with Crippen LogP contribution < -0.4 is 5.32 Å². The van der Waals surface area contributed by atoms with E-state index in [0.717, 1.165) is 32.6 Å². The fraction of sp³-hybridized carbons (Fsp3) is 0.188. The van der Waals surface area contributed by atoms with Gasteiger partial charge < -0.3 is 20.5 Å². The summed E-state index contributed by atoms with van der Waals surface area (Å²) in [5, 5.41) is 21.3. The Morgan fingerprint density at radius 3 is 2.68 bits per heavy atom. The van der Waals surface area contributed by atoms with E-state index in [9.17, 15) is 5.11 Å². The first-order valence-electron chi connectivity index (χ1n) is 6.94. The van der Waals surface area contributed by atoms with Gasteiger partial charge in [-0.15, -0.1) is 0 Å². The lowest BCUT2D eigenvalue weighted by molar-refractivity contribution is 0.105. The zero-order valence-corrected chi connectivity index (χ0v) is 13.3. The number of benzene rings is 2. The topological polar surface area (TPSA) is 81.2 Å². The summed E-state index contributed by atoms with van der Waals surface area (Å²) in [7, 11) is 0. The molecule has 1 atom stereocenters. The number of anilines is 1. The molecule has 1 aromatic heterocycles. The Morgan fingerprint density at radius 1 is 1.18 bits per heavy atom.